The molecule has 2 N–H and O–H groups in total. The first-order chi connectivity index (χ1) is 9.11. The zero-order valence-corrected chi connectivity index (χ0v) is 12.0. The van der Waals surface area contributed by atoms with Crippen LogP contribution >= 0.6 is 15.9 Å². The summed E-state index contributed by atoms with van der Waals surface area (Å²) in [5.41, 5.74) is 0.810. The maximum Gasteiger partial charge on any atom is 0.231 e. The zero-order chi connectivity index (χ0) is 13.4. The van der Waals surface area contributed by atoms with Gasteiger partial charge in [-0.15, -0.1) is 0 Å². The van der Waals surface area contributed by atoms with Crippen LogP contribution in [0.4, 0.5) is 11.8 Å². The summed E-state index contributed by atoms with van der Waals surface area (Å²) in [4.78, 5) is 19.9. The average Bonchev–Trinajstić information content (AvgIpc) is 3.13. The number of fused-ring (bicyclic) bond motifs is 1. The number of nitrogens with one attached hydrogen (secondary N) is 2. The summed E-state index contributed by atoms with van der Waals surface area (Å²) in [5, 5.41) is 6.96. The first-order valence-corrected chi connectivity index (χ1v) is 6.92. The first kappa shape index (κ1) is 12.3. The number of halogens is 1. The van der Waals surface area contributed by atoms with E-state index in [4.69, 9.17) is 0 Å². The van der Waals surface area contributed by atoms with Crippen molar-refractivity contribution in [1.82, 2.24) is 9.97 Å². The molecule has 2 aromatic rings. The third kappa shape index (κ3) is 2.84. The number of hydrogen-bond donors (Lipinski definition) is 2. The number of amides is 1. The van der Waals surface area contributed by atoms with Gasteiger partial charge in [-0.1, -0.05) is 15.9 Å². The van der Waals surface area contributed by atoms with Crippen molar-refractivity contribution < 1.29 is 4.79 Å². The van der Waals surface area contributed by atoms with Gasteiger partial charge in [-0.05, 0) is 31.0 Å². The van der Waals surface area contributed by atoms with Crippen molar-refractivity contribution in [3.63, 3.8) is 0 Å². The second-order valence-corrected chi connectivity index (χ2v) is 5.57. The highest BCUT2D eigenvalue weighted by Gasteiger charge is 2.23. The second kappa shape index (κ2) is 4.77. The van der Waals surface area contributed by atoms with Crippen LogP contribution in [0.15, 0.2) is 22.7 Å². The smallest absolute Gasteiger partial charge is 0.231 e. The van der Waals surface area contributed by atoms with E-state index in [2.05, 4.69) is 36.5 Å². The van der Waals surface area contributed by atoms with E-state index >= 15 is 0 Å². The lowest BCUT2D eigenvalue weighted by atomic mass is 10.2. The monoisotopic (exact) mass is 320 g/mol. The minimum Gasteiger partial charge on any atom is -0.367 e. The third-order valence-electron chi connectivity index (χ3n) is 2.86. The topological polar surface area (TPSA) is 66.9 Å². The fraction of sp³-hybridized carbons (Fsp3) is 0.308. The van der Waals surface area contributed by atoms with Gasteiger partial charge in [0.15, 0.2) is 0 Å². The van der Waals surface area contributed by atoms with Gasteiger partial charge in [0.05, 0.1) is 5.52 Å². The van der Waals surface area contributed by atoms with Crippen molar-refractivity contribution in [1.29, 1.82) is 0 Å². The minimum atomic E-state index is -0.172. The van der Waals surface area contributed by atoms with E-state index in [1.165, 1.54) is 6.92 Å². The maximum atomic E-state index is 11.1. The van der Waals surface area contributed by atoms with Crippen LogP contribution in [0.1, 0.15) is 19.8 Å². The number of hydrogen-bond acceptors (Lipinski definition) is 4. The van der Waals surface area contributed by atoms with Gasteiger partial charge < -0.3 is 5.32 Å². The van der Waals surface area contributed by atoms with E-state index in [1.54, 1.807) is 0 Å². The number of rotatable bonds is 3. The highest BCUT2D eigenvalue weighted by molar-refractivity contribution is 9.10. The number of anilines is 2. The highest BCUT2D eigenvalue weighted by Crippen LogP contribution is 2.30. The predicted molar refractivity (Wildman–Crippen MR) is 78.2 cm³/mol. The number of benzene rings is 1. The molecule has 0 radical (unpaired) electrons. The molecule has 98 valence electrons. The van der Waals surface area contributed by atoms with Crippen LogP contribution < -0.4 is 10.6 Å². The number of nitrogens with zero attached hydrogens (tertiary/aromatic N) is 2. The molecule has 3 rings (SSSR count). The molecule has 1 aliphatic rings. The van der Waals surface area contributed by atoms with Crippen molar-refractivity contribution in [3.05, 3.63) is 22.7 Å². The minimum absolute atomic E-state index is 0.172. The SMILES string of the molecule is CC(=O)Nc1nc(NC2CC2)c2cc(Br)ccc2n1. The molecule has 1 saturated carbocycles. The molecule has 1 amide bonds. The molecule has 0 spiro atoms. The molecule has 1 heterocycles. The Kier molecular flexibility index (Phi) is 3.10. The summed E-state index contributed by atoms with van der Waals surface area (Å²) in [6.07, 6.45) is 2.32. The second-order valence-electron chi connectivity index (χ2n) is 4.66. The molecule has 1 aromatic heterocycles. The number of carbonyl (C=O) groups is 1. The Hall–Kier alpha value is -1.69. The molecule has 1 aliphatic carbocycles. The van der Waals surface area contributed by atoms with Gasteiger partial charge >= 0.3 is 0 Å². The molecule has 0 bridgehead atoms. The van der Waals surface area contributed by atoms with Crippen LogP contribution in [0.2, 0.25) is 0 Å². The summed E-state index contributed by atoms with van der Waals surface area (Å²) < 4.78 is 0.981. The first-order valence-electron chi connectivity index (χ1n) is 6.13. The molecule has 5 nitrogen and oxygen atoms in total. The molecule has 19 heavy (non-hydrogen) atoms. The third-order valence-corrected chi connectivity index (χ3v) is 3.36. The molecule has 0 atom stereocenters. The predicted octanol–water partition coefficient (Wildman–Crippen LogP) is 2.93. The van der Waals surface area contributed by atoms with Crippen molar-refractivity contribution in [2.24, 2.45) is 0 Å². The fourth-order valence-corrected chi connectivity index (χ4v) is 2.21. The van der Waals surface area contributed by atoms with E-state index in [-0.39, 0.29) is 5.91 Å². The Morgan fingerprint density at radius 3 is 2.84 bits per heavy atom. The number of aromatic nitrogens is 2. The summed E-state index contributed by atoms with van der Waals surface area (Å²) in [5.74, 6) is 0.942. The van der Waals surface area contributed by atoms with Gasteiger partial charge in [-0.3, -0.25) is 10.1 Å². The van der Waals surface area contributed by atoms with Crippen LogP contribution in [0.25, 0.3) is 10.9 Å². The molecular formula is C13H13BrN4O. The van der Waals surface area contributed by atoms with Crippen molar-refractivity contribution in [3.8, 4) is 0 Å². The normalized spacial score (nSPS) is 14.4. The summed E-state index contributed by atoms with van der Waals surface area (Å²) in [6.45, 7) is 1.45. The molecule has 0 aliphatic heterocycles. The van der Waals surface area contributed by atoms with Crippen LogP contribution in [-0.4, -0.2) is 21.9 Å². The molecule has 6 heteroatoms. The molecule has 1 aromatic carbocycles. The van der Waals surface area contributed by atoms with Gasteiger partial charge in [0.1, 0.15) is 5.82 Å². The van der Waals surface area contributed by atoms with Crippen LogP contribution in [0.3, 0.4) is 0 Å². The van der Waals surface area contributed by atoms with Crippen molar-refractivity contribution in [2.75, 3.05) is 10.6 Å². The van der Waals surface area contributed by atoms with E-state index in [1.807, 2.05) is 18.2 Å². The van der Waals surface area contributed by atoms with Gasteiger partial charge in [-0.25, -0.2) is 4.98 Å². The maximum absolute atomic E-state index is 11.1. The summed E-state index contributed by atoms with van der Waals surface area (Å²) in [6, 6.07) is 6.30. The van der Waals surface area contributed by atoms with Gasteiger partial charge in [0, 0.05) is 22.8 Å². The van der Waals surface area contributed by atoms with Crippen molar-refractivity contribution >= 4 is 44.5 Å². The van der Waals surface area contributed by atoms with Gasteiger partial charge in [0.2, 0.25) is 11.9 Å². The quantitative estimate of drug-likeness (QED) is 0.912. The molecule has 1 fully saturated rings. The summed E-state index contributed by atoms with van der Waals surface area (Å²) in [7, 11) is 0. The van der Waals surface area contributed by atoms with E-state index in [0.29, 0.717) is 12.0 Å². The Morgan fingerprint density at radius 2 is 2.16 bits per heavy atom. The van der Waals surface area contributed by atoms with E-state index < -0.39 is 0 Å². The van der Waals surface area contributed by atoms with Crippen LogP contribution in [0, 0.1) is 0 Å². The van der Waals surface area contributed by atoms with Gasteiger partial charge in [0.25, 0.3) is 0 Å². The highest BCUT2D eigenvalue weighted by atomic mass is 79.9. The van der Waals surface area contributed by atoms with Crippen LogP contribution in [-0.2, 0) is 4.79 Å². The Bertz CT molecular complexity index is 654. The molecule has 0 unspecified atom stereocenters. The average molecular weight is 321 g/mol. The largest absolute Gasteiger partial charge is 0.367 e. The van der Waals surface area contributed by atoms with E-state index in [0.717, 1.165) is 34.0 Å². The Balaban J connectivity index is 2.10. The zero-order valence-electron chi connectivity index (χ0n) is 10.4. The lowest BCUT2D eigenvalue weighted by Crippen LogP contribution is -2.12. The summed E-state index contributed by atoms with van der Waals surface area (Å²) >= 11 is 3.45. The molecule has 0 saturated heterocycles. The fourth-order valence-electron chi connectivity index (χ4n) is 1.85. The lowest BCUT2D eigenvalue weighted by molar-refractivity contribution is -0.114. The Labute approximate surface area is 119 Å². The lowest BCUT2D eigenvalue weighted by Gasteiger charge is -2.10. The Morgan fingerprint density at radius 1 is 1.37 bits per heavy atom. The van der Waals surface area contributed by atoms with Gasteiger partial charge in [-0.2, -0.15) is 4.98 Å². The van der Waals surface area contributed by atoms with E-state index in [9.17, 15) is 4.79 Å². The van der Waals surface area contributed by atoms with Crippen molar-refractivity contribution in [2.45, 2.75) is 25.8 Å². The standard InChI is InChI=1S/C13H13BrN4O/c1-7(19)15-13-17-11-5-2-8(14)6-10(11)12(18-13)16-9-3-4-9/h2,5-6,9H,3-4H2,1H3,(H2,15,16,17,18,19). The number of carbonyl (C=O) groups excluding carboxylic acids is 1. The molecular weight excluding hydrogens is 308 g/mol. The van der Waals surface area contributed by atoms with Crippen LogP contribution in [0.5, 0.6) is 0 Å².